The molecule has 1 heterocycles. The van der Waals surface area contributed by atoms with Gasteiger partial charge in [-0.3, -0.25) is 9.59 Å². The van der Waals surface area contributed by atoms with Crippen molar-refractivity contribution < 1.29 is 24.6 Å². The van der Waals surface area contributed by atoms with Crippen LogP contribution in [-0.4, -0.2) is 52.6 Å². The first-order valence-corrected chi connectivity index (χ1v) is 9.93. The fourth-order valence-electron chi connectivity index (χ4n) is 3.64. The van der Waals surface area contributed by atoms with Gasteiger partial charge in [-0.15, -0.1) is 12.4 Å². The molecule has 3 N–H and O–H groups in total. The molecule has 1 amide bonds. The van der Waals surface area contributed by atoms with Crippen LogP contribution in [-0.2, 0) is 16.1 Å². The number of halogens is 3. The second kappa shape index (κ2) is 10.3. The molecule has 2 aromatic carbocycles. The van der Waals surface area contributed by atoms with E-state index in [1.54, 1.807) is 24.3 Å². The van der Waals surface area contributed by atoms with Crippen molar-refractivity contribution in [3.63, 3.8) is 0 Å². The first kappa shape index (κ1) is 24.9. The van der Waals surface area contributed by atoms with E-state index in [2.05, 4.69) is 10.2 Å². The van der Waals surface area contributed by atoms with Crippen LogP contribution in [0.1, 0.15) is 39.4 Å². The van der Waals surface area contributed by atoms with Crippen molar-refractivity contribution in [1.29, 1.82) is 0 Å². The molecule has 166 valence electrons. The minimum atomic E-state index is -1.52. The van der Waals surface area contributed by atoms with E-state index in [0.717, 1.165) is 16.7 Å². The Kier molecular flexibility index (Phi) is 8.31. The van der Waals surface area contributed by atoms with Crippen molar-refractivity contribution in [3.8, 4) is 0 Å². The predicted molar refractivity (Wildman–Crippen MR) is 119 cm³/mol. The summed E-state index contributed by atoms with van der Waals surface area (Å²) in [7, 11) is 1.97. The van der Waals surface area contributed by atoms with Crippen molar-refractivity contribution in [2.45, 2.75) is 24.9 Å². The van der Waals surface area contributed by atoms with Crippen LogP contribution in [0.5, 0.6) is 0 Å². The number of fused-ring (bicyclic) bond motifs is 1. The van der Waals surface area contributed by atoms with Crippen LogP contribution in [0.4, 0.5) is 0 Å². The Morgan fingerprint density at radius 2 is 1.90 bits per heavy atom. The van der Waals surface area contributed by atoms with Crippen LogP contribution in [0.15, 0.2) is 36.4 Å². The van der Waals surface area contributed by atoms with Gasteiger partial charge in [0.05, 0.1) is 6.42 Å². The van der Waals surface area contributed by atoms with Crippen LogP contribution >= 0.6 is 35.6 Å². The molecule has 31 heavy (non-hydrogen) atoms. The summed E-state index contributed by atoms with van der Waals surface area (Å²) >= 11 is 12.6. The molecule has 2 atom stereocenters. The molecule has 0 radical (unpaired) electrons. The number of carboxylic acid groups (broad SMARTS) is 2. The molecule has 0 aromatic heterocycles. The summed E-state index contributed by atoms with van der Waals surface area (Å²) in [6.45, 7) is 1.36. The fourth-order valence-corrected chi connectivity index (χ4v) is 4.21. The van der Waals surface area contributed by atoms with E-state index in [0.29, 0.717) is 23.1 Å². The highest BCUT2D eigenvalue weighted by molar-refractivity contribution is 6.35. The second-order valence-corrected chi connectivity index (χ2v) is 8.14. The highest BCUT2D eigenvalue weighted by Gasteiger charge is 2.28. The number of carbonyl (C=O) groups is 3. The maximum atomic E-state index is 12.6. The summed E-state index contributed by atoms with van der Waals surface area (Å²) in [5.41, 5.74) is 3.05. The van der Waals surface area contributed by atoms with Crippen molar-refractivity contribution in [2.75, 3.05) is 13.6 Å². The van der Waals surface area contributed by atoms with Crippen LogP contribution in [0.25, 0.3) is 0 Å². The van der Waals surface area contributed by atoms with Gasteiger partial charge in [-0.2, -0.15) is 0 Å². The zero-order chi connectivity index (χ0) is 22.0. The van der Waals surface area contributed by atoms with Gasteiger partial charge in [0.25, 0.3) is 5.91 Å². The highest BCUT2D eigenvalue weighted by Crippen LogP contribution is 2.38. The fraction of sp³-hybridized carbons (Fsp3) is 0.286. The summed E-state index contributed by atoms with van der Waals surface area (Å²) in [5, 5.41) is 21.4. The zero-order valence-corrected chi connectivity index (χ0v) is 18.8. The Bertz CT molecular complexity index is 1010. The smallest absolute Gasteiger partial charge is 0.326 e. The third kappa shape index (κ3) is 5.89. The maximum Gasteiger partial charge on any atom is 0.326 e. The number of hydrogen-bond donors (Lipinski definition) is 3. The maximum absolute atomic E-state index is 12.6. The van der Waals surface area contributed by atoms with Gasteiger partial charge in [0.2, 0.25) is 0 Å². The number of amides is 1. The molecule has 0 saturated heterocycles. The van der Waals surface area contributed by atoms with Gasteiger partial charge >= 0.3 is 11.9 Å². The molecule has 0 saturated carbocycles. The molecule has 1 unspecified atom stereocenters. The van der Waals surface area contributed by atoms with E-state index in [1.165, 1.54) is 0 Å². The van der Waals surface area contributed by atoms with E-state index in [9.17, 15) is 14.4 Å². The van der Waals surface area contributed by atoms with E-state index < -0.39 is 30.3 Å². The third-order valence-corrected chi connectivity index (χ3v) is 5.58. The minimum Gasteiger partial charge on any atom is -0.481 e. The topological polar surface area (TPSA) is 107 Å². The first-order valence-electron chi connectivity index (χ1n) is 9.17. The number of hydrogen-bond acceptors (Lipinski definition) is 4. The molecular weight excluding hydrogens is 467 g/mol. The lowest BCUT2D eigenvalue weighted by atomic mass is 9.84. The molecule has 0 fully saturated rings. The lowest BCUT2D eigenvalue weighted by Gasteiger charge is -2.33. The van der Waals surface area contributed by atoms with Gasteiger partial charge in [-0.05, 0) is 48.0 Å². The Morgan fingerprint density at radius 1 is 1.19 bits per heavy atom. The van der Waals surface area contributed by atoms with E-state index >= 15 is 0 Å². The largest absolute Gasteiger partial charge is 0.481 e. The summed E-state index contributed by atoms with van der Waals surface area (Å²) in [4.78, 5) is 36.8. The summed E-state index contributed by atoms with van der Waals surface area (Å²) in [5.74, 6) is -3.46. The quantitative estimate of drug-likeness (QED) is 0.574. The number of benzene rings is 2. The Morgan fingerprint density at radius 3 is 2.55 bits per heavy atom. The molecule has 0 bridgehead atoms. The number of carboxylic acids is 2. The number of nitrogens with one attached hydrogen (secondary N) is 1. The first-order chi connectivity index (χ1) is 14.2. The van der Waals surface area contributed by atoms with Gasteiger partial charge in [-0.25, -0.2) is 4.79 Å². The molecule has 0 aliphatic carbocycles. The number of likely N-dealkylation sites (N-methyl/N-ethyl adjacent to an activating group) is 1. The van der Waals surface area contributed by atoms with Crippen molar-refractivity contribution >= 4 is 53.5 Å². The summed E-state index contributed by atoms with van der Waals surface area (Å²) in [6, 6.07) is 8.88. The lowest BCUT2D eigenvalue weighted by Crippen LogP contribution is -2.42. The molecule has 7 nitrogen and oxygen atoms in total. The van der Waals surface area contributed by atoms with Gasteiger partial charge in [0, 0.05) is 34.6 Å². The molecule has 0 spiro atoms. The second-order valence-electron chi connectivity index (χ2n) is 7.29. The summed E-state index contributed by atoms with van der Waals surface area (Å²) in [6.07, 6.45) is -0.710. The SMILES string of the molecule is CN1Cc2c(Cl)cc(Cl)cc2C(c2cccc(C(=O)N[C@@H](CC(=O)O)C(=O)O)c2)C1.Cl. The normalized spacial score (nSPS) is 16.5. The number of nitrogens with zero attached hydrogens (tertiary/aromatic N) is 1. The van der Waals surface area contributed by atoms with Gasteiger partial charge in [0.15, 0.2) is 0 Å². The summed E-state index contributed by atoms with van der Waals surface area (Å²) < 4.78 is 0. The van der Waals surface area contributed by atoms with Crippen LogP contribution in [0, 0.1) is 0 Å². The highest BCUT2D eigenvalue weighted by atomic mass is 35.5. The monoisotopic (exact) mass is 486 g/mol. The Labute approximate surface area is 195 Å². The average molecular weight is 488 g/mol. The number of aliphatic carboxylic acids is 2. The van der Waals surface area contributed by atoms with E-state index in [4.69, 9.17) is 33.4 Å². The van der Waals surface area contributed by atoms with Gasteiger partial charge < -0.3 is 20.4 Å². The van der Waals surface area contributed by atoms with Crippen LogP contribution < -0.4 is 5.32 Å². The zero-order valence-electron chi connectivity index (χ0n) is 16.5. The molecule has 1 aliphatic heterocycles. The Hall–Kier alpha value is -2.32. The van der Waals surface area contributed by atoms with Crippen molar-refractivity contribution in [3.05, 3.63) is 68.7 Å². The van der Waals surface area contributed by atoms with Gasteiger partial charge in [0.1, 0.15) is 6.04 Å². The van der Waals surface area contributed by atoms with Crippen molar-refractivity contribution in [1.82, 2.24) is 10.2 Å². The van der Waals surface area contributed by atoms with Crippen molar-refractivity contribution in [2.24, 2.45) is 0 Å². The van der Waals surface area contributed by atoms with E-state index in [-0.39, 0.29) is 23.9 Å². The Balaban J connectivity index is 0.00000341. The molecule has 2 aromatic rings. The standard InChI is InChI=1S/C21H20Cl2N2O5.ClH/c1-25-9-15(14-6-13(22)7-17(23)16(14)10-25)11-3-2-4-12(5-11)20(28)24-18(21(29)30)8-19(26)27;/h2-7,15,18H,8-10H2,1H3,(H,24,28)(H,26,27)(H,29,30);1H/t15?,18-;/m0./s1. The average Bonchev–Trinajstić information content (AvgIpc) is 2.67. The molecule has 1 aliphatic rings. The minimum absolute atomic E-state index is 0. The van der Waals surface area contributed by atoms with E-state index in [1.807, 2.05) is 19.2 Å². The number of carbonyl (C=O) groups excluding carboxylic acids is 1. The van der Waals surface area contributed by atoms with Crippen LogP contribution in [0.3, 0.4) is 0 Å². The molecule has 3 rings (SSSR count). The molecular formula is C21H21Cl3N2O5. The van der Waals surface area contributed by atoms with Gasteiger partial charge in [-0.1, -0.05) is 35.3 Å². The predicted octanol–water partition coefficient (Wildman–Crippen LogP) is 3.65. The molecule has 10 heteroatoms. The van der Waals surface area contributed by atoms with Crippen LogP contribution in [0.2, 0.25) is 10.0 Å². The third-order valence-electron chi connectivity index (χ3n) is 5.03. The lowest BCUT2D eigenvalue weighted by molar-refractivity contribution is -0.145. The number of rotatable bonds is 6.